The maximum absolute atomic E-state index is 12.6. The minimum Gasteiger partial charge on any atom is -0.477 e. The first-order valence-corrected chi connectivity index (χ1v) is 6.32. The molecule has 0 spiro atoms. The number of ether oxygens (including phenoxy) is 1. The Balaban J connectivity index is 0.00000220. The molecule has 1 aliphatic heterocycles. The summed E-state index contributed by atoms with van der Waals surface area (Å²) in [5.74, 6) is 0.104. The number of alkyl halides is 3. The van der Waals surface area contributed by atoms with E-state index < -0.39 is 11.9 Å². The van der Waals surface area contributed by atoms with Gasteiger partial charge < -0.3 is 10.1 Å². The van der Waals surface area contributed by atoms with Crippen molar-refractivity contribution >= 4 is 12.4 Å². The van der Waals surface area contributed by atoms with Crippen molar-refractivity contribution in [1.29, 1.82) is 5.26 Å². The topological polar surface area (TPSA) is 57.9 Å². The first-order valence-electron chi connectivity index (χ1n) is 6.32. The number of pyridine rings is 1. The molecule has 0 saturated carbocycles. The molecule has 1 N–H and O–H groups in total. The lowest BCUT2D eigenvalue weighted by Crippen LogP contribution is -2.33. The molecule has 1 aromatic rings. The highest BCUT2D eigenvalue weighted by Crippen LogP contribution is 2.30. The molecule has 2 heterocycles. The van der Waals surface area contributed by atoms with E-state index in [1.165, 1.54) is 6.07 Å². The van der Waals surface area contributed by atoms with Gasteiger partial charge in [-0.05, 0) is 25.5 Å². The van der Waals surface area contributed by atoms with Gasteiger partial charge in [0.1, 0.15) is 5.69 Å². The summed E-state index contributed by atoms with van der Waals surface area (Å²) >= 11 is 0. The predicted molar refractivity (Wildman–Crippen MR) is 72.3 cm³/mol. The summed E-state index contributed by atoms with van der Waals surface area (Å²) < 4.78 is 43.2. The van der Waals surface area contributed by atoms with Crippen LogP contribution >= 0.6 is 12.4 Å². The molecule has 4 nitrogen and oxygen atoms in total. The van der Waals surface area contributed by atoms with Gasteiger partial charge in [-0.1, -0.05) is 0 Å². The van der Waals surface area contributed by atoms with E-state index in [1.54, 1.807) is 6.07 Å². The number of nitrogens with zero attached hydrogens (tertiary/aromatic N) is 2. The fraction of sp³-hybridized carbons (Fsp3) is 0.538. The van der Waals surface area contributed by atoms with Gasteiger partial charge in [-0.2, -0.15) is 18.4 Å². The quantitative estimate of drug-likeness (QED) is 0.930. The number of hydrogen-bond acceptors (Lipinski definition) is 4. The highest BCUT2D eigenvalue weighted by atomic mass is 35.5. The lowest BCUT2D eigenvalue weighted by Gasteiger charge is -2.22. The number of nitriles is 1. The standard InChI is InChI=1S/C13H14F3N3O.ClH/c14-13(15,16)11-4-10(6-17)5-12(19-11)20-8-9-2-1-3-18-7-9;/h4-5,9,18H,1-3,7-8H2;1H/t9-;/m0./s1. The van der Waals surface area contributed by atoms with Crippen molar-refractivity contribution in [3.63, 3.8) is 0 Å². The average molecular weight is 322 g/mol. The van der Waals surface area contributed by atoms with Crippen molar-refractivity contribution in [2.45, 2.75) is 19.0 Å². The van der Waals surface area contributed by atoms with E-state index in [4.69, 9.17) is 10.00 Å². The molecular formula is C13H15ClF3N3O. The summed E-state index contributed by atoms with van der Waals surface area (Å²) in [4.78, 5) is 3.42. The second-order valence-electron chi connectivity index (χ2n) is 4.71. The third kappa shape index (κ3) is 5.06. The molecule has 21 heavy (non-hydrogen) atoms. The van der Waals surface area contributed by atoms with E-state index in [-0.39, 0.29) is 29.8 Å². The molecule has 0 aliphatic carbocycles. The molecule has 0 radical (unpaired) electrons. The number of piperidine rings is 1. The summed E-state index contributed by atoms with van der Waals surface area (Å²) in [5.41, 5.74) is -1.21. The third-order valence-electron chi connectivity index (χ3n) is 3.09. The van der Waals surface area contributed by atoms with Crippen molar-refractivity contribution in [3.05, 3.63) is 23.4 Å². The van der Waals surface area contributed by atoms with Crippen molar-refractivity contribution in [1.82, 2.24) is 10.3 Å². The molecule has 0 bridgehead atoms. The van der Waals surface area contributed by atoms with Gasteiger partial charge in [-0.25, -0.2) is 4.98 Å². The SMILES string of the molecule is Cl.N#Cc1cc(OC[C@H]2CCCNC2)nc(C(F)(F)F)c1. The van der Waals surface area contributed by atoms with Crippen LogP contribution in [0.1, 0.15) is 24.1 Å². The third-order valence-corrected chi connectivity index (χ3v) is 3.09. The fourth-order valence-corrected chi connectivity index (χ4v) is 2.06. The van der Waals surface area contributed by atoms with E-state index in [1.807, 2.05) is 0 Å². The lowest BCUT2D eigenvalue weighted by molar-refractivity contribution is -0.141. The number of halogens is 4. The van der Waals surface area contributed by atoms with Crippen LogP contribution in [0.15, 0.2) is 12.1 Å². The maximum Gasteiger partial charge on any atom is 0.433 e. The molecule has 2 rings (SSSR count). The zero-order valence-electron chi connectivity index (χ0n) is 11.1. The molecule has 116 valence electrons. The fourth-order valence-electron chi connectivity index (χ4n) is 2.06. The van der Waals surface area contributed by atoms with Gasteiger partial charge >= 0.3 is 6.18 Å². The van der Waals surface area contributed by atoms with Gasteiger partial charge in [0.15, 0.2) is 0 Å². The molecule has 8 heteroatoms. The summed E-state index contributed by atoms with van der Waals surface area (Å²) in [7, 11) is 0. The van der Waals surface area contributed by atoms with Crippen LogP contribution in [0.5, 0.6) is 5.88 Å². The molecule has 0 aromatic carbocycles. The number of nitrogens with one attached hydrogen (secondary N) is 1. The number of aromatic nitrogens is 1. The Morgan fingerprint density at radius 3 is 2.76 bits per heavy atom. The van der Waals surface area contributed by atoms with E-state index in [0.717, 1.165) is 32.0 Å². The Labute approximate surface area is 126 Å². The predicted octanol–water partition coefficient (Wildman–Crippen LogP) is 2.77. The Bertz CT molecular complexity index is 510. The van der Waals surface area contributed by atoms with E-state index in [9.17, 15) is 13.2 Å². The van der Waals surface area contributed by atoms with Gasteiger partial charge in [0.05, 0.1) is 18.2 Å². The molecule has 0 unspecified atom stereocenters. The Morgan fingerprint density at radius 1 is 1.43 bits per heavy atom. The van der Waals surface area contributed by atoms with Crippen LogP contribution in [0.4, 0.5) is 13.2 Å². The monoisotopic (exact) mass is 321 g/mol. The van der Waals surface area contributed by atoms with Crippen LogP contribution in [0.3, 0.4) is 0 Å². The smallest absolute Gasteiger partial charge is 0.433 e. The minimum atomic E-state index is -4.59. The van der Waals surface area contributed by atoms with Crippen molar-refractivity contribution < 1.29 is 17.9 Å². The molecule has 1 saturated heterocycles. The number of rotatable bonds is 3. The Morgan fingerprint density at radius 2 is 2.19 bits per heavy atom. The maximum atomic E-state index is 12.6. The normalized spacial score (nSPS) is 18.5. The van der Waals surface area contributed by atoms with Crippen LogP contribution in [-0.4, -0.2) is 24.7 Å². The van der Waals surface area contributed by atoms with Gasteiger partial charge in [0, 0.05) is 18.5 Å². The highest BCUT2D eigenvalue weighted by molar-refractivity contribution is 5.85. The second kappa shape index (κ2) is 7.48. The molecular weight excluding hydrogens is 307 g/mol. The van der Waals surface area contributed by atoms with E-state index >= 15 is 0 Å². The number of hydrogen-bond donors (Lipinski definition) is 1. The van der Waals surface area contributed by atoms with Crippen molar-refractivity contribution in [2.75, 3.05) is 19.7 Å². The van der Waals surface area contributed by atoms with Crippen LogP contribution in [-0.2, 0) is 6.18 Å². The first-order chi connectivity index (χ1) is 9.49. The van der Waals surface area contributed by atoms with Crippen LogP contribution in [0, 0.1) is 17.2 Å². The molecule has 0 amide bonds. The highest BCUT2D eigenvalue weighted by Gasteiger charge is 2.33. The lowest BCUT2D eigenvalue weighted by atomic mass is 10.0. The second-order valence-corrected chi connectivity index (χ2v) is 4.71. The van der Waals surface area contributed by atoms with E-state index in [0.29, 0.717) is 6.61 Å². The summed E-state index contributed by atoms with van der Waals surface area (Å²) in [6.07, 6.45) is -2.60. The van der Waals surface area contributed by atoms with Gasteiger partial charge in [-0.15, -0.1) is 12.4 Å². The van der Waals surface area contributed by atoms with Gasteiger partial charge in [-0.3, -0.25) is 0 Å². The summed E-state index contributed by atoms with van der Waals surface area (Å²) in [6, 6.07) is 3.63. The van der Waals surface area contributed by atoms with Gasteiger partial charge in [0.2, 0.25) is 5.88 Å². The zero-order chi connectivity index (χ0) is 14.6. The zero-order valence-corrected chi connectivity index (χ0v) is 11.9. The molecule has 1 aromatic heterocycles. The Kier molecular flexibility index (Phi) is 6.24. The van der Waals surface area contributed by atoms with Crippen molar-refractivity contribution in [2.24, 2.45) is 5.92 Å². The van der Waals surface area contributed by atoms with Crippen LogP contribution in [0.25, 0.3) is 0 Å². The Hall–Kier alpha value is -1.52. The van der Waals surface area contributed by atoms with Gasteiger partial charge in [0.25, 0.3) is 0 Å². The molecule has 1 fully saturated rings. The largest absolute Gasteiger partial charge is 0.477 e. The minimum absolute atomic E-state index is 0. The summed E-state index contributed by atoms with van der Waals surface area (Å²) in [5, 5.41) is 12.0. The summed E-state index contributed by atoms with van der Waals surface area (Å²) in [6.45, 7) is 2.03. The van der Waals surface area contributed by atoms with Crippen LogP contribution < -0.4 is 10.1 Å². The average Bonchev–Trinajstić information content (AvgIpc) is 2.45. The van der Waals surface area contributed by atoms with E-state index in [2.05, 4.69) is 10.3 Å². The molecule has 1 aliphatic rings. The molecule has 1 atom stereocenters. The van der Waals surface area contributed by atoms with Crippen LogP contribution in [0.2, 0.25) is 0 Å². The van der Waals surface area contributed by atoms with Crippen molar-refractivity contribution in [3.8, 4) is 11.9 Å². The first kappa shape index (κ1) is 17.5.